The van der Waals surface area contributed by atoms with E-state index in [0.717, 1.165) is 0 Å². The Balaban J connectivity index is 2.77. The summed E-state index contributed by atoms with van der Waals surface area (Å²) in [5, 5.41) is 7.66. The first kappa shape index (κ1) is 14.1. The molecule has 1 rings (SSSR count). The fourth-order valence-corrected chi connectivity index (χ4v) is 1.91. The molecule has 0 radical (unpaired) electrons. The molecule has 0 saturated carbocycles. The maximum atomic E-state index is 11.3. The summed E-state index contributed by atoms with van der Waals surface area (Å²) in [6.07, 6.45) is 0. The Bertz CT molecular complexity index is 514. The Morgan fingerprint density at radius 2 is 2.18 bits per heavy atom. The number of rotatable bonds is 4. The summed E-state index contributed by atoms with van der Waals surface area (Å²) < 4.78 is 22.2. The van der Waals surface area contributed by atoms with Gasteiger partial charge in [0.2, 0.25) is 15.9 Å². The molecule has 7 heteroatoms. The van der Waals surface area contributed by atoms with Crippen LogP contribution >= 0.6 is 15.9 Å². The smallest absolute Gasteiger partial charge is 0.238 e. The average Bonchev–Trinajstić information content (AvgIpc) is 2.25. The summed E-state index contributed by atoms with van der Waals surface area (Å²) >= 11 is 3.13. The first-order valence-corrected chi connectivity index (χ1v) is 7.30. The van der Waals surface area contributed by atoms with Crippen molar-refractivity contribution in [3.63, 3.8) is 0 Å². The van der Waals surface area contributed by atoms with Gasteiger partial charge in [-0.05, 0) is 24.6 Å². The summed E-state index contributed by atoms with van der Waals surface area (Å²) in [4.78, 5) is 11.0. The minimum Gasteiger partial charge on any atom is -0.351 e. The highest BCUT2D eigenvalue weighted by Crippen LogP contribution is 2.09. The molecule has 1 unspecified atom stereocenters. The van der Waals surface area contributed by atoms with Gasteiger partial charge in [0.1, 0.15) is 0 Å². The van der Waals surface area contributed by atoms with Gasteiger partial charge in [0.25, 0.3) is 0 Å². The molecule has 1 amide bonds. The first-order chi connectivity index (χ1) is 7.80. The lowest BCUT2D eigenvalue weighted by molar-refractivity contribution is -0.120. The monoisotopic (exact) mass is 320 g/mol. The van der Waals surface area contributed by atoms with Gasteiger partial charge < -0.3 is 5.32 Å². The van der Waals surface area contributed by atoms with Crippen molar-refractivity contribution in [3.8, 4) is 0 Å². The first-order valence-electron chi connectivity index (χ1n) is 4.84. The number of carbonyl (C=O) groups excluding carboxylic acids is 1. The summed E-state index contributed by atoms with van der Waals surface area (Å²) in [5.74, 6) is -0.161. The molecule has 1 aromatic rings. The molecular formula is C10H13BrN2O3S. The SMILES string of the molecule is CC(Br)C(=O)NCc1cccc(S(N)(=O)=O)c1. The predicted molar refractivity (Wildman–Crippen MR) is 68.1 cm³/mol. The van der Waals surface area contributed by atoms with Crippen LogP contribution in [-0.4, -0.2) is 19.2 Å². The lowest BCUT2D eigenvalue weighted by Crippen LogP contribution is -2.28. The quantitative estimate of drug-likeness (QED) is 0.801. The van der Waals surface area contributed by atoms with Gasteiger partial charge in [-0.1, -0.05) is 28.1 Å². The van der Waals surface area contributed by atoms with Crippen LogP contribution < -0.4 is 10.5 Å². The number of alkyl halides is 1. The molecule has 94 valence electrons. The van der Waals surface area contributed by atoms with Crippen LogP contribution in [0, 0.1) is 0 Å². The van der Waals surface area contributed by atoms with Crippen molar-refractivity contribution >= 4 is 31.9 Å². The normalized spacial score (nSPS) is 13.1. The van der Waals surface area contributed by atoms with E-state index in [1.807, 2.05) is 0 Å². The molecule has 1 atom stereocenters. The second kappa shape index (κ2) is 5.61. The molecule has 0 aliphatic carbocycles. The second-order valence-electron chi connectivity index (χ2n) is 3.53. The van der Waals surface area contributed by atoms with Gasteiger partial charge in [0.15, 0.2) is 0 Å². The number of hydrogen-bond donors (Lipinski definition) is 2. The van der Waals surface area contributed by atoms with Crippen molar-refractivity contribution in [2.24, 2.45) is 5.14 Å². The van der Waals surface area contributed by atoms with Crippen LogP contribution in [0.25, 0.3) is 0 Å². The average molecular weight is 321 g/mol. The van der Waals surface area contributed by atoms with Crippen molar-refractivity contribution in [2.45, 2.75) is 23.2 Å². The van der Waals surface area contributed by atoms with E-state index >= 15 is 0 Å². The summed E-state index contributed by atoms with van der Waals surface area (Å²) in [6.45, 7) is 1.97. The molecule has 0 spiro atoms. The third-order valence-electron chi connectivity index (χ3n) is 2.06. The maximum Gasteiger partial charge on any atom is 0.238 e. The fourth-order valence-electron chi connectivity index (χ4n) is 1.16. The Hall–Kier alpha value is -0.920. The van der Waals surface area contributed by atoms with Crippen molar-refractivity contribution in [3.05, 3.63) is 29.8 Å². The summed E-state index contributed by atoms with van der Waals surface area (Å²) in [5.41, 5.74) is 0.679. The standard InChI is InChI=1S/C10H13BrN2O3S/c1-7(11)10(14)13-6-8-3-2-4-9(5-8)17(12,15)16/h2-5,7H,6H2,1H3,(H,13,14)(H2,12,15,16). The molecule has 1 aromatic carbocycles. The van der Waals surface area contributed by atoms with Gasteiger partial charge >= 0.3 is 0 Å². The van der Waals surface area contributed by atoms with Gasteiger partial charge in [-0.15, -0.1) is 0 Å². The highest BCUT2D eigenvalue weighted by atomic mass is 79.9. The molecule has 0 bridgehead atoms. The number of nitrogens with two attached hydrogens (primary N) is 1. The predicted octanol–water partition coefficient (Wildman–Crippen LogP) is 0.734. The Kier molecular flexibility index (Phi) is 4.67. The number of primary sulfonamides is 1. The largest absolute Gasteiger partial charge is 0.351 e. The topological polar surface area (TPSA) is 89.3 Å². The van der Waals surface area contributed by atoms with Crippen LogP contribution in [0.4, 0.5) is 0 Å². The molecule has 0 heterocycles. The zero-order valence-corrected chi connectivity index (χ0v) is 11.6. The Morgan fingerprint density at radius 3 is 2.71 bits per heavy atom. The van der Waals surface area contributed by atoms with Crippen molar-refractivity contribution in [1.82, 2.24) is 5.32 Å². The van der Waals surface area contributed by atoms with Gasteiger partial charge in [-0.2, -0.15) is 0 Å². The number of benzene rings is 1. The number of sulfonamides is 1. The molecule has 0 aliphatic heterocycles. The summed E-state index contributed by atoms with van der Waals surface area (Å²) in [6, 6.07) is 6.15. The van der Waals surface area contributed by atoms with Crippen LogP contribution in [0.15, 0.2) is 29.2 Å². The van der Waals surface area contributed by atoms with E-state index in [0.29, 0.717) is 5.56 Å². The van der Waals surface area contributed by atoms with Crippen molar-refractivity contribution in [2.75, 3.05) is 0 Å². The van der Waals surface area contributed by atoms with Crippen LogP contribution in [-0.2, 0) is 21.4 Å². The van der Waals surface area contributed by atoms with E-state index in [1.165, 1.54) is 12.1 Å². The molecular weight excluding hydrogens is 308 g/mol. The second-order valence-corrected chi connectivity index (χ2v) is 6.46. The molecule has 0 saturated heterocycles. The molecule has 17 heavy (non-hydrogen) atoms. The van der Waals surface area contributed by atoms with E-state index < -0.39 is 10.0 Å². The molecule has 5 nitrogen and oxygen atoms in total. The van der Waals surface area contributed by atoms with Crippen LogP contribution in [0.3, 0.4) is 0 Å². The lowest BCUT2D eigenvalue weighted by Gasteiger charge is -2.07. The highest BCUT2D eigenvalue weighted by Gasteiger charge is 2.10. The van der Waals surface area contributed by atoms with Gasteiger partial charge in [-0.25, -0.2) is 13.6 Å². The van der Waals surface area contributed by atoms with Crippen LogP contribution in [0.2, 0.25) is 0 Å². The van der Waals surface area contributed by atoms with E-state index in [1.54, 1.807) is 19.1 Å². The highest BCUT2D eigenvalue weighted by molar-refractivity contribution is 9.10. The number of nitrogens with one attached hydrogen (secondary N) is 1. The van der Waals surface area contributed by atoms with E-state index in [-0.39, 0.29) is 22.2 Å². The Labute approximate surface area is 109 Å². The lowest BCUT2D eigenvalue weighted by atomic mass is 10.2. The Morgan fingerprint density at radius 1 is 1.53 bits per heavy atom. The number of carbonyl (C=O) groups is 1. The summed E-state index contributed by atoms with van der Waals surface area (Å²) in [7, 11) is -3.70. The van der Waals surface area contributed by atoms with E-state index in [4.69, 9.17) is 5.14 Å². The molecule has 0 fully saturated rings. The zero-order valence-electron chi connectivity index (χ0n) is 9.18. The van der Waals surface area contributed by atoms with Crippen molar-refractivity contribution < 1.29 is 13.2 Å². The van der Waals surface area contributed by atoms with Gasteiger partial charge in [0.05, 0.1) is 9.72 Å². The van der Waals surface area contributed by atoms with Gasteiger partial charge in [0, 0.05) is 6.54 Å². The minimum absolute atomic E-state index is 0.0381. The zero-order chi connectivity index (χ0) is 13.1. The number of amides is 1. The number of halogens is 1. The molecule has 3 N–H and O–H groups in total. The number of hydrogen-bond acceptors (Lipinski definition) is 3. The van der Waals surface area contributed by atoms with Crippen molar-refractivity contribution in [1.29, 1.82) is 0 Å². The van der Waals surface area contributed by atoms with Crippen LogP contribution in [0.5, 0.6) is 0 Å². The van der Waals surface area contributed by atoms with Gasteiger partial charge in [-0.3, -0.25) is 4.79 Å². The third-order valence-corrected chi connectivity index (χ3v) is 3.38. The maximum absolute atomic E-state index is 11.3. The van der Waals surface area contributed by atoms with E-state index in [2.05, 4.69) is 21.2 Å². The van der Waals surface area contributed by atoms with Crippen LogP contribution in [0.1, 0.15) is 12.5 Å². The molecule has 0 aliphatic rings. The third kappa shape index (κ3) is 4.45. The van der Waals surface area contributed by atoms with E-state index in [9.17, 15) is 13.2 Å². The minimum atomic E-state index is -3.70. The fraction of sp³-hybridized carbons (Fsp3) is 0.300. The molecule has 0 aromatic heterocycles.